The predicted molar refractivity (Wildman–Crippen MR) is 196 cm³/mol. The third kappa shape index (κ3) is 4.45. The number of fused-ring (bicyclic) bond motifs is 4. The Morgan fingerprint density at radius 2 is 0.783 bits per heavy atom. The van der Waals surface area contributed by atoms with Crippen molar-refractivity contribution < 1.29 is 0 Å². The molecule has 0 radical (unpaired) electrons. The highest BCUT2D eigenvalue weighted by molar-refractivity contribution is 6.22. The zero-order valence-electron chi connectivity index (χ0n) is 25.2. The van der Waals surface area contributed by atoms with Gasteiger partial charge in [-0.2, -0.15) is 0 Å². The Kier molecular flexibility index (Phi) is 6.21. The summed E-state index contributed by atoms with van der Waals surface area (Å²) < 4.78 is 0. The Labute approximate surface area is 268 Å². The molecule has 0 N–H and O–H groups in total. The zero-order valence-corrected chi connectivity index (χ0v) is 25.2. The van der Waals surface area contributed by atoms with Crippen LogP contribution < -0.4 is 0 Å². The number of rotatable bonds is 4. The van der Waals surface area contributed by atoms with E-state index in [0.717, 1.165) is 11.1 Å². The number of nitrogens with zero attached hydrogens (tertiary/aromatic N) is 1. The standard InChI is InChI=1S/C45H29N/c1-3-11-32-26-37(20-18-30(32)9-1)44-40-16-5-6-17-41(40)45(38-21-19-31-10-2-4-12-33(31)27-38)43-28-36(22-23-42(43)44)34-13-7-14-35(25-34)39-15-8-24-46-29-39/h1-29H. The lowest BCUT2D eigenvalue weighted by molar-refractivity contribution is 1.33. The van der Waals surface area contributed by atoms with E-state index in [1.165, 1.54) is 76.5 Å². The van der Waals surface area contributed by atoms with Gasteiger partial charge in [0.2, 0.25) is 0 Å². The lowest BCUT2D eigenvalue weighted by Crippen LogP contribution is -1.92. The van der Waals surface area contributed by atoms with E-state index in [0.29, 0.717) is 0 Å². The summed E-state index contributed by atoms with van der Waals surface area (Å²) in [6.07, 6.45) is 3.75. The van der Waals surface area contributed by atoms with Crippen LogP contribution in [0, 0.1) is 0 Å². The van der Waals surface area contributed by atoms with E-state index in [-0.39, 0.29) is 0 Å². The molecule has 0 unspecified atom stereocenters. The first-order chi connectivity index (χ1) is 22.8. The van der Waals surface area contributed by atoms with Crippen molar-refractivity contribution in [2.24, 2.45) is 0 Å². The molecular weight excluding hydrogens is 555 g/mol. The van der Waals surface area contributed by atoms with Gasteiger partial charge in [-0.05, 0) is 112 Å². The molecule has 0 fully saturated rings. The Bertz CT molecular complexity index is 2580. The van der Waals surface area contributed by atoms with Crippen molar-refractivity contribution in [3.8, 4) is 44.5 Å². The van der Waals surface area contributed by atoms with Gasteiger partial charge in [0.15, 0.2) is 0 Å². The number of pyridine rings is 1. The van der Waals surface area contributed by atoms with Gasteiger partial charge in [0.05, 0.1) is 0 Å². The summed E-state index contributed by atoms with van der Waals surface area (Å²) in [6.45, 7) is 0. The van der Waals surface area contributed by atoms with Gasteiger partial charge in [0.1, 0.15) is 0 Å². The monoisotopic (exact) mass is 583 g/mol. The molecule has 0 aliphatic heterocycles. The summed E-state index contributed by atoms with van der Waals surface area (Å²) in [4.78, 5) is 4.36. The van der Waals surface area contributed by atoms with Gasteiger partial charge in [-0.1, -0.05) is 133 Å². The molecule has 9 aromatic rings. The molecule has 1 heteroatoms. The minimum absolute atomic E-state index is 1.12. The van der Waals surface area contributed by atoms with Crippen LogP contribution in [-0.2, 0) is 0 Å². The molecule has 0 saturated carbocycles. The molecule has 0 aliphatic carbocycles. The number of hydrogen-bond acceptors (Lipinski definition) is 1. The fourth-order valence-corrected chi connectivity index (χ4v) is 7.08. The highest BCUT2D eigenvalue weighted by Crippen LogP contribution is 2.45. The minimum atomic E-state index is 1.12. The van der Waals surface area contributed by atoms with E-state index < -0.39 is 0 Å². The first-order valence-electron chi connectivity index (χ1n) is 15.8. The Balaban J connectivity index is 1.36. The lowest BCUT2D eigenvalue weighted by Gasteiger charge is -2.19. The maximum absolute atomic E-state index is 4.36. The van der Waals surface area contributed by atoms with Crippen molar-refractivity contribution in [2.75, 3.05) is 0 Å². The molecule has 0 amide bonds. The van der Waals surface area contributed by atoms with Crippen LogP contribution in [0.25, 0.3) is 87.6 Å². The molecule has 0 aliphatic rings. The van der Waals surface area contributed by atoms with Crippen molar-refractivity contribution in [1.29, 1.82) is 0 Å². The van der Waals surface area contributed by atoms with E-state index in [1.54, 1.807) is 0 Å². The first kappa shape index (κ1) is 26.4. The molecule has 0 saturated heterocycles. The molecule has 1 aromatic heterocycles. The Hall–Kier alpha value is -6.05. The molecule has 0 bridgehead atoms. The Morgan fingerprint density at radius 1 is 0.283 bits per heavy atom. The summed E-state index contributed by atoms with van der Waals surface area (Å²) in [5.41, 5.74) is 9.67. The van der Waals surface area contributed by atoms with Crippen LogP contribution in [0.4, 0.5) is 0 Å². The van der Waals surface area contributed by atoms with Crippen LogP contribution >= 0.6 is 0 Å². The first-order valence-corrected chi connectivity index (χ1v) is 15.8. The van der Waals surface area contributed by atoms with Crippen molar-refractivity contribution in [2.45, 2.75) is 0 Å². The van der Waals surface area contributed by atoms with Gasteiger partial charge in [-0.3, -0.25) is 4.98 Å². The lowest BCUT2D eigenvalue weighted by atomic mass is 9.84. The van der Waals surface area contributed by atoms with E-state index >= 15 is 0 Å². The summed E-state index contributed by atoms with van der Waals surface area (Å²) >= 11 is 0. The van der Waals surface area contributed by atoms with E-state index in [4.69, 9.17) is 0 Å². The second-order valence-electron chi connectivity index (χ2n) is 12.0. The maximum Gasteiger partial charge on any atom is 0.0346 e. The van der Waals surface area contributed by atoms with E-state index in [9.17, 15) is 0 Å². The third-order valence-electron chi connectivity index (χ3n) is 9.29. The highest BCUT2D eigenvalue weighted by Gasteiger charge is 2.18. The molecule has 46 heavy (non-hydrogen) atoms. The molecule has 1 heterocycles. The normalized spacial score (nSPS) is 11.5. The maximum atomic E-state index is 4.36. The van der Waals surface area contributed by atoms with Crippen LogP contribution in [0.3, 0.4) is 0 Å². The van der Waals surface area contributed by atoms with Crippen molar-refractivity contribution in [3.63, 3.8) is 0 Å². The molecule has 9 rings (SSSR count). The molecule has 0 spiro atoms. The second-order valence-corrected chi connectivity index (χ2v) is 12.0. The number of benzene rings is 8. The molecule has 1 nitrogen and oxygen atoms in total. The van der Waals surface area contributed by atoms with Crippen molar-refractivity contribution >= 4 is 43.1 Å². The SMILES string of the molecule is c1cncc(-c2cccc(-c3ccc4c(-c5ccc6ccccc6c5)c5ccccc5c(-c5ccc6ccccc6c5)c4c3)c2)c1. The molecule has 8 aromatic carbocycles. The minimum Gasteiger partial charge on any atom is -0.264 e. The summed E-state index contributed by atoms with van der Waals surface area (Å²) in [5.74, 6) is 0. The Morgan fingerprint density at radius 3 is 1.41 bits per heavy atom. The van der Waals surface area contributed by atoms with Gasteiger partial charge < -0.3 is 0 Å². The second kappa shape index (κ2) is 10.8. The largest absolute Gasteiger partial charge is 0.264 e. The zero-order chi connectivity index (χ0) is 30.5. The number of hydrogen-bond donors (Lipinski definition) is 0. The average molecular weight is 584 g/mol. The van der Waals surface area contributed by atoms with Crippen LogP contribution in [0.15, 0.2) is 176 Å². The van der Waals surface area contributed by atoms with Gasteiger partial charge in [0.25, 0.3) is 0 Å². The number of aromatic nitrogens is 1. The quantitative estimate of drug-likeness (QED) is 0.188. The van der Waals surface area contributed by atoms with E-state index in [1.807, 2.05) is 18.5 Å². The van der Waals surface area contributed by atoms with Gasteiger partial charge in [-0.25, -0.2) is 0 Å². The predicted octanol–water partition coefficient (Wildman–Crippen LogP) is 12.4. The molecule has 0 atom stereocenters. The van der Waals surface area contributed by atoms with Gasteiger partial charge in [-0.15, -0.1) is 0 Å². The summed E-state index contributed by atoms with van der Waals surface area (Å²) in [5, 5.41) is 10.0. The molecular formula is C45H29N. The molecule has 214 valence electrons. The van der Waals surface area contributed by atoms with Gasteiger partial charge >= 0.3 is 0 Å². The average Bonchev–Trinajstić information content (AvgIpc) is 3.13. The third-order valence-corrected chi connectivity index (χ3v) is 9.29. The van der Waals surface area contributed by atoms with Crippen LogP contribution in [0.2, 0.25) is 0 Å². The van der Waals surface area contributed by atoms with Crippen molar-refractivity contribution in [3.05, 3.63) is 176 Å². The topological polar surface area (TPSA) is 12.9 Å². The summed E-state index contributed by atoms with van der Waals surface area (Å²) in [7, 11) is 0. The van der Waals surface area contributed by atoms with Crippen LogP contribution in [0.5, 0.6) is 0 Å². The van der Waals surface area contributed by atoms with Gasteiger partial charge in [0, 0.05) is 18.0 Å². The van der Waals surface area contributed by atoms with Crippen LogP contribution in [0.1, 0.15) is 0 Å². The smallest absolute Gasteiger partial charge is 0.0346 e. The summed E-state index contributed by atoms with van der Waals surface area (Å²) in [6, 6.07) is 59.9. The fraction of sp³-hybridized carbons (Fsp3) is 0. The fourth-order valence-electron chi connectivity index (χ4n) is 7.08. The van der Waals surface area contributed by atoms with E-state index in [2.05, 4.69) is 163 Å². The highest BCUT2D eigenvalue weighted by atomic mass is 14.6. The van der Waals surface area contributed by atoms with Crippen molar-refractivity contribution in [1.82, 2.24) is 4.98 Å². The van der Waals surface area contributed by atoms with Crippen LogP contribution in [-0.4, -0.2) is 4.98 Å².